The molecule has 0 aliphatic carbocycles. The van der Waals surface area contributed by atoms with E-state index in [1.54, 1.807) is 6.08 Å². The Kier molecular flexibility index (Phi) is 5.02. The predicted octanol–water partition coefficient (Wildman–Crippen LogP) is 4.92. The van der Waals surface area contributed by atoms with Gasteiger partial charge >= 0.3 is 5.97 Å². The molecule has 0 aromatic heterocycles. The molecule has 4 heteroatoms. The van der Waals surface area contributed by atoms with Gasteiger partial charge in [0.05, 0.1) is 0 Å². The van der Waals surface area contributed by atoms with Crippen molar-refractivity contribution in [2.24, 2.45) is 4.99 Å². The molecule has 0 unspecified atom stereocenters. The van der Waals surface area contributed by atoms with Crippen molar-refractivity contribution in [1.82, 2.24) is 0 Å². The van der Waals surface area contributed by atoms with Crippen LogP contribution in [-0.4, -0.2) is 11.9 Å². The highest BCUT2D eigenvalue weighted by molar-refractivity contribution is 6.12. The van der Waals surface area contributed by atoms with E-state index in [0.29, 0.717) is 12.5 Å². The van der Waals surface area contributed by atoms with Crippen molar-refractivity contribution in [2.75, 3.05) is 0 Å². The highest BCUT2D eigenvalue weighted by Gasteiger charge is 2.23. The van der Waals surface area contributed by atoms with Gasteiger partial charge in [0.25, 0.3) is 0 Å². The number of aryl methyl sites for hydroxylation is 1. The summed E-state index contributed by atoms with van der Waals surface area (Å²) in [5, 5.41) is 0. The number of hydrogen-bond acceptors (Lipinski definition) is 4. The van der Waals surface area contributed by atoms with Crippen LogP contribution >= 0.6 is 0 Å². The lowest BCUT2D eigenvalue weighted by Crippen LogP contribution is -2.05. The fraction of sp³-hybridized carbons (Fsp3) is 0.0833. The molecule has 0 amide bonds. The van der Waals surface area contributed by atoms with E-state index in [9.17, 15) is 4.79 Å². The van der Waals surface area contributed by atoms with E-state index >= 15 is 0 Å². The fourth-order valence-corrected chi connectivity index (χ4v) is 2.79. The molecular weight excluding hydrogens is 350 g/mol. The van der Waals surface area contributed by atoms with Gasteiger partial charge in [0.1, 0.15) is 12.4 Å². The second-order valence-electron chi connectivity index (χ2n) is 6.55. The highest BCUT2D eigenvalue weighted by Crippen LogP contribution is 2.21. The van der Waals surface area contributed by atoms with Gasteiger partial charge < -0.3 is 9.47 Å². The molecule has 0 saturated heterocycles. The summed E-state index contributed by atoms with van der Waals surface area (Å²) in [6, 6.07) is 25.2. The largest absolute Gasteiger partial charge is 0.489 e. The van der Waals surface area contributed by atoms with Gasteiger partial charge in [-0.05, 0) is 48.4 Å². The highest BCUT2D eigenvalue weighted by atomic mass is 16.6. The average Bonchev–Trinajstić information content (AvgIpc) is 3.09. The quantitative estimate of drug-likeness (QED) is 0.474. The summed E-state index contributed by atoms with van der Waals surface area (Å²) < 4.78 is 11.1. The lowest BCUT2D eigenvalue weighted by molar-refractivity contribution is -0.129. The minimum atomic E-state index is -0.444. The number of aliphatic imine (C=N–C) groups is 1. The minimum absolute atomic E-state index is 0.286. The van der Waals surface area contributed by atoms with E-state index in [1.165, 1.54) is 0 Å². The van der Waals surface area contributed by atoms with Gasteiger partial charge in [-0.25, -0.2) is 9.79 Å². The van der Waals surface area contributed by atoms with E-state index in [4.69, 9.17) is 9.47 Å². The lowest BCUT2D eigenvalue weighted by Gasteiger charge is -2.06. The zero-order valence-electron chi connectivity index (χ0n) is 15.5. The first-order valence-electron chi connectivity index (χ1n) is 9.04. The smallest absolute Gasteiger partial charge is 0.363 e. The van der Waals surface area contributed by atoms with Crippen LogP contribution in [0.25, 0.3) is 6.08 Å². The number of benzene rings is 3. The Labute approximate surface area is 163 Å². The number of ether oxygens (including phenoxy) is 2. The van der Waals surface area contributed by atoms with Crippen molar-refractivity contribution in [3.8, 4) is 5.75 Å². The second-order valence-corrected chi connectivity index (χ2v) is 6.55. The Hall–Kier alpha value is -3.66. The third-order valence-corrected chi connectivity index (χ3v) is 4.35. The van der Waals surface area contributed by atoms with E-state index in [2.05, 4.69) is 4.99 Å². The zero-order chi connectivity index (χ0) is 19.3. The molecule has 138 valence electrons. The molecule has 1 aliphatic rings. The molecule has 0 bridgehead atoms. The molecule has 0 saturated carbocycles. The number of cyclic esters (lactones) is 1. The molecule has 4 rings (SSSR count). The molecule has 1 heterocycles. The molecule has 28 heavy (non-hydrogen) atoms. The molecule has 1 aliphatic heterocycles. The molecule has 3 aromatic carbocycles. The Morgan fingerprint density at radius 1 is 0.929 bits per heavy atom. The molecular formula is C24H19NO3. The van der Waals surface area contributed by atoms with Gasteiger partial charge in [-0.1, -0.05) is 60.2 Å². The maximum atomic E-state index is 12.1. The van der Waals surface area contributed by atoms with Crippen LogP contribution in [0.4, 0.5) is 0 Å². The first-order valence-corrected chi connectivity index (χ1v) is 9.04. The molecule has 0 atom stereocenters. The van der Waals surface area contributed by atoms with Crippen LogP contribution < -0.4 is 4.74 Å². The normalized spacial score (nSPS) is 14.7. The van der Waals surface area contributed by atoms with Crippen molar-refractivity contribution < 1.29 is 14.3 Å². The van der Waals surface area contributed by atoms with Crippen LogP contribution in [0.15, 0.2) is 89.6 Å². The third kappa shape index (κ3) is 4.18. The van der Waals surface area contributed by atoms with E-state index in [-0.39, 0.29) is 5.70 Å². The van der Waals surface area contributed by atoms with Gasteiger partial charge in [0.2, 0.25) is 5.90 Å². The average molecular weight is 369 g/mol. The van der Waals surface area contributed by atoms with Crippen LogP contribution in [-0.2, 0) is 16.1 Å². The summed E-state index contributed by atoms with van der Waals surface area (Å²) in [7, 11) is 0. The molecule has 0 fully saturated rings. The van der Waals surface area contributed by atoms with Gasteiger partial charge in [-0.2, -0.15) is 0 Å². The number of carbonyl (C=O) groups excluding carboxylic acids is 1. The van der Waals surface area contributed by atoms with E-state index < -0.39 is 5.97 Å². The van der Waals surface area contributed by atoms with Crippen molar-refractivity contribution in [3.63, 3.8) is 0 Å². The SMILES string of the molecule is Cc1ccc(C2=N/C(=C\c3ccc(OCc4ccccc4)cc3)C(=O)O2)cc1. The second kappa shape index (κ2) is 7.92. The zero-order valence-corrected chi connectivity index (χ0v) is 15.5. The number of rotatable bonds is 5. The maximum absolute atomic E-state index is 12.1. The molecule has 0 radical (unpaired) electrons. The molecule has 3 aromatic rings. The predicted molar refractivity (Wildman–Crippen MR) is 109 cm³/mol. The summed E-state index contributed by atoms with van der Waals surface area (Å²) in [5.74, 6) is 0.655. The van der Waals surface area contributed by atoms with Gasteiger partial charge in [0.15, 0.2) is 5.70 Å². The molecule has 4 nitrogen and oxygen atoms in total. The summed E-state index contributed by atoms with van der Waals surface area (Å²) in [5.41, 5.74) is 4.17. The van der Waals surface area contributed by atoms with Crippen molar-refractivity contribution in [1.29, 1.82) is 0 Å². The molecule has 0 spiro atoms. The molecule has 0 N–H and O–H groups in total. The number of hydrogen-bond donors (Lipinski definition) is 0. The minimum Gasteiger partial charge on any atom is -0.489 e. The standard InChI is InChI=1S/C24H19NO3/c1-17-7-11-20(12-8-17)23-25-22(24(26)28-23)15-18-9-13-21(14-10-18)27-16-19-5-3-2-4-6-19/h2-15H,16H2,1H3/b22-15-. The van der Waals surface area contributed by atoms with Gasteiger partial charge in [0, 0.05) is 5.56 Å². The number of carbonyl (C=O) groups is 1. The van der Waals surface area contributed by atoms with Crippen LogP contribution in [0.2, 0.25) is 0 Å². The maximum Gasteiger partial charge on any atom is 0.363 e. The third-order valence-electron chi connectivity index (χ3n) is 4.35. The Bertz CT molecular complexity index is 1030. The first kappa shape index (κ1) is 17.7. The van der Waals surface area contributed by atoms with E-state index in [0.717, 1.165) is 28.0 Å². The monoisotopic (exact) mass is 369 g/mol. The Morgan fingerprint density at radius 3 is 2.36 bits per heavy atom. The summed E-state index contributed by atoms with van der Waals surface area (Å²) >= 11 is 0. The van der Waals surface area contributed by atoms with Crippen molar-refractivity contribution in [2.45, 2.75) is 13.5 Å². The summed E-state index contributed by atoms with van der Waals surface area (Å²) in [6.07, 6.45) is 1.71. The van der Waals surface area contributed by atoms with Crippen LogP contribution in [0.3, 0.4) is 0 Å². The van der Waals surface area contributed by atoms with Gasteiger partial charge in [-0.15, -0.1) is 0 Å². The lowest BCUT2D eigenvalue weighted by atomic mass is 10.1. The summed E-state index contributed by atoms with van der Waals surface area (Å²) in [6.45, 7) is 2.52. The number of nitrogens with zero attached hydrogens (tertiary/aromatic N) is 1. The van der Waals surface area contributed by atoms with Crippen LogP contribution in [0.5, 0.6) is 5.75 Å². The Balaban J connectivity index is 1.46. The van der Waals surface area contributed by atoms with Crippen LogP contribution in [0.1, 0.15) is 22.3 Å². The van der Waals surface area contributed by atoms with Crippen LogP contribution in [0, 0.1) is 6.92 Å². The fourth-order valence-electron chi connectivity index (χ4n) is 2.79. The topological polar surface area (TPSA) is 47.9 Å². The number of esters is 1. The summed E-state index contributed by atoms with van der Waals surface area (Å²) in [4.78, 5) is 16.5. The Morgan fingerprint density at radius 2 is 1.64 bits per heavy atom. The van der Waals surface area contributed by atoms with Crippen molar-refractivity contribution in [3.05, 3.63) is 107 Å². The van der Waals surface area contributed by atoms with E-state index in [1.807, 2.05) is 85.8 Å². The van der Waals surface area contributed by atoms with Crippen molar-refractivity contribution >= 4 is 17.9 Å². The first-order chi connectivity index (χ1) is 13.7. The van der Waals surface area contributed by atoms with Gasteiger partial charge in [-0.3, -0.25) is 0 Å².